The topological polar surface area (TPSA) is 69.6 Å². The average Bonchev–Trinajstić information content (AvgIpc) is 2.74. The molecule has 0 aliphatic carbocycles. The van der Waals surface area contributed by atoms with Gasteiger partial charge in [-0.3, -0.25) is 4.79 Å². The van der Waals surface area contributed by atoms with Gasteiger partial charge in [-0.25, -0.2) is 4.79 Å². The number of terminal acetylenes is 1. The van der Waals surface area contributed by atoms with Crippen LogP contribution in [0, 0.1) is 17.8 Å². The molecule has 18 heavy (non-hydrogen) atoms. The van der Waals surface area contributed by atoms with E-state index in [-0.39, 0.29) is 18.6 Å². The van der Waals surface area contributed by atoms with Crippen molar-refractivity contribution in [2.45, 2.75) is 39.2 Å². The van der Waals surface area contributed by atoms with E-state index in [1.54, 1.807) is 4.90 Å². The van der Waals surface area contributed by atoms with Crippen molar-refractivity contribution in [1.82, 2.24) is 10.2 Å². The molecule has 2 unspecified atom stereocenters. The molecule has 1 fully saturated rings. The molecule has 0 aromatic rings. The van der Waals surface area contributed by atoms with Crippen molar-refractivity contribution in [1.29, 1.82) is 0 Å². The minimum Gasteiger partial charge on any atom is -0.481 e. The minimum atomic E-state index is -0.822. The number of hydrogen-bond acceptors (Lipinski definition) is 2. The molecule has 2 N–H and O–H groups in total. The van der Waals surface area contributed by atoms with E-state index in [4.69, 9.17) is 6.42 Å². The van der Waals surface area contributed by atoms with Gasteiger partial charge in [-0.05, 0) is 19.8 Å². The molecule has 2 atom stereocenters. The predicted octanol–water partition coefficient (Wildman–Crippen LogP) is 1.29. The van der Waals surface area contributed by atoms with E-state index in [2.05, 4.69) is 11.2 Å². The van der Waals surface area contributed by atoms with Crippen LogP contribution in [0.15, 0.2) is 0 Å². The molecule has 0 bridgehead atoms. The Labute approximate surface area is 108 Å². The molecule has 5 nitrogen and oxygen atoms in total. The van der Waals surface area contributed by atoms with E-state index in [1.807, 2.05) is 13.8 Å². The second kappa shape index (κ2) is 5.76. The molecule has 5 heteroatoms. The number of urea groups is 1. The molecule has 1 saturated heterocycles. The van der Waals surface area contributed by atoms with Crippen LogP contribution in [0.1, 0.15) is 33.1 Å². The van der Waals surface area contributed by atoms with E-state index in [1.165, 1.54) is 0 Å². The lowest BCUT2D eigenvalue weighted by Gasteiger charge is -2.24. The van der Waals surface area contributed by atoms with Crippen molar-refractivity contribution >= 4 is 12.0 Å². The number of carboxylic acids is 1. The smallest absolute Gasteiger partial charge is 0.317 e. The van der Waals surface area contributed by atoms with Gasteiger partial charge in [0.15, 0.2) is 0 Å². The van der Waals surface area contributed by atoms with Crippen molar-refractivity contribution in [3.05, 3.63) is 0 Å². The lowest BCUT2D eigenvalue weighted by molar-refractivity contribution is -0.148. The Bertz CT molecular complexity index is 375. The van der Waals surface area contributed by atoms with Crippen molar-refractivity contribution in [2.24, 2.45) is 5.41 Å². The van der Waals surface area contributed by atoms with Crippen molar-refractivity contribution in [3.63, 3.8) is 0 Å². The van der Waals surface area contributed by atoms with Crippen LogP contribution < -0.4 is 5.32 Å². The maximum Gasteiger partial charge on any atom is 0.317 e. The largest absolute Gasteiger partial charge is 0.481 e. The summed E-state index contributed by atoms with van der Waals surface area (Å²) in [5.41, 5.74) is -0.785. The van der Waals surface area contributed by atoms with Gasteiger partial charge in [0.1, 0.15) is 0 Å². The molecule has 100 valence electrons. The maximum absolute atomic E-state index is 11.9. The molecule has 0 aromatic heterocycles. The number of rotatable bonds is 4. The van der Waals surface area contributed by atoms with Crippen LogP contribution in [0.3, 0.4) is 0 Å². The number of nitrogens with one attached hydrogen (secondary N) is 1. The predicted molar refractivity (Wildman–Crippen MR) is 68.0 cm³/mol. The first-order valence-electron chi connectivity index (χ1n) is 6.17. The number of amides is 2. The zero-order valence-electron chi connectivity index (χ0n) is 10.9. The van der Waals surface area contributed by atoms with Crippen molar-refractivity contribution in [3.8, 4) is 12.3 Å². The first-order valence-corrected chi connectivity index (χ1v) is 6.17. The number of carboxylic acid groups (broad SMARTS) is 1. The highest BCUT2D eigenvalue weighted by molar-refractivity contribution is 5.79. The van der Waals surface area contributed by atoms with Crippen LogP contribution >= 0.6 is 0 Å². The summed E-state index contributed by atoms with van der Waals surface area (Å²) < 4.78 is 0. The van der Waals surface area contributed by atoms with Crippen LogP contribution in [-0.4, -0.2) is 41.1 Å². The van der Waals surface area contributed by atoms with Crippen LogP contribution in [0.25, 0.3) is 0 Å². The number of aliphatic carboxylic acids is 1. The van der Waals surface area contributed by atoms with Gasteiger partial charge in [0.2, 0.25) is 0 Å². The Morgan fingerprint density at radius 3 is 2.72 bits per heavy atom. The highest BCUT2D eigenvalue weighted by atomic mass is 16.4. The van der Waals surface area contributed by atoms with Crippen molar-refractivity contribution < 1.29 is 14.7 Å². The van der Waals surface area contributed by atoms with Gasteiger partial charge in [-0.2, -0.15) is 0 Å². The third-order valence-electron chi connectivity index (χ3n) is 3.57. The molecule has 0 radical (unpaired) electrons. The minimum absolute atomic E-state index is 0.0936. The summed E-state index contributed by atoms with van der Waals surface area (Å²) >= 11 is 0. The van der Waals surface area contributed by atoms with Gasteiger partial charge < -0.3 is 15.3 Å². The molecule has 0 aromatic carbocycles. The number of hydrogen-bond donors (Lipinski definition) is 2. The highest BCUT2D eigenvalue weighted by Gasteiger charge is 2.44. The number of carbonyl (C=O) groups excluding carboxylic acids is 1. The second-order valence-electron chi connectivity index (χ2n) is 4.87. The molecule has 0 spiro atoms. The normalized spacial score (nSPS) is 24.4. The Hall–Kier alpha value is -1.70. The fourth-order valence-electron chi connectivity index (χ4n) is 2.19. The van der Waals surface area contributed by atoms with Gasteiger partial charge in [-0.15, -0.1) is 12.3 Å². The summed E-state index contributed by atoms with van der Waals surface area (Å²) in [6, 6.07) is -0.321. The van der Waals surface area contributed by atoms with Gasteiger partial charge in [0.05, 0.1) is 5.41 Å². The van der Waals surface area contributed by atoms with E-state index in [9.17, 15) is 14.7 Å². The quantitative estimate of drug-likeness (QED) is 0.741. The summed E-state index contributed by atoms with van der Waals surface area (Å²) in [6.07, 6.45) is 6.68. The van der Waals surface area contributed by atoms with Crippen LogP contribution in [0.2, 0.25) is 0 Å². The van der Waals surface area contributed by atoms with Crippen molar-refractivity contribution in [2.75, 3.05) is 13.1 Å². The van der Waals surface area contributed by atoms with Crippen LogP contribution in [0.5, 0.6) is 0 Å². The lowest BCUT2D eigenvalue weighted by Crippen LogP contribution is -2.44. The third kappa shape index (κ3) is 2.95. The van der Waals surface area contributed by atoms with Gasteiger partial charge in [0, 0.05) is 25.6 Å². The number of carbonyl (C=O) groups is 2. The lowest BCUT2D eigenvalue weighted by atomic mass is 9.84. The molecule has 1 aliphatic rings. The Morgan fingerprint density at radius 1 is 1.61 bits per heavy atom. The second-order valence-corrected chi connectivity index (χ2v) is 4.87. The molecule has 1 aliphatic heterocycles. The maximum atomic E-state index is 11.9. The average molecular weight is 252 g/mol. The van der Waals surface area contributed by atoms with E-state index < -0.39 is 11.4 Å². The first-order chi connectivity index (χ1) is 8.45. The van der Waals surface area contributed by atoms with E-state index in [0.717, 1.165) is 0 Å². The monoisotopic (exact) mass is 252 g/mol. The number of nitrogens with zero attached hydrogens (tertiary/aromatic N) is 1. The molecule has 0 saturated carbocycles. The molecular weight excluding hydrogens is 232 g/mol. The third-order valence-corrected chi connectivity index (χ3v) is 3.57. The van der Waals surface area contributed by atoms with E-state index >= 15 is 0 Å². The SMILES string of the molecule is C#CCC(C)NC(=O)N1CCC(CC)(C(=O)O)C1. The molecule has 2 amide bonds. The van der Waals surface area contributed by atoms with Gasteiger partial charge in [-0.1, -0.05) is 6.92 Å². The molecule has 1 heterocycles. The summed E-state index contributed by atoms with van der Waals surface area (Å²) in [4.78, 5) is 24.7. The zero-order valence-corrected chi connectivity index (χ0v) is 10.9. The molecule has 1 rings (SSSR count). The zero-order chi connectivity index (χ0) is 13.8. The van der Waals surface area contributed by atoms with E-state index in [0.29, 0.717) is 25.8 Å². The summed E-state index contributed by atoms with van der Waals surface area (Å²) in [5.74, 6) is 1.66. The Morgan fingerprint density at radius 2 is 2.28 bits per heavy atom. The fourth-order valence-corrected chi connectivity index (χ4v) is 2.19. The van der Waals surface area contributed by atoms with Crippen LogP contribution in [-0.2, 0) is 4.79 Å². The first kappa shape index (κ1) is 14.4. The summed E-state index contributed by atoms with van der Waals surface area (Å²) in [5, 5.41) is 12.0. The standard InChI is InChI=1S/C13H20N2O3/c1-4-6-10(3)14-12(18)15-8-7-13(5-2,9-15)11(16)17/h1,10H,5-9H2,2-3H3,(H,14,18)(H,16,17). The summed E-state index contributed by atoms with van der Waals surface area (Å²) in [7, 11) is 0. The number of likely N-dealkylation sites (tertiary alicyclic amines) is 1. The Balaban J connectivity index is 2.59. The van der Waals surface area contributed by atoms with Gasteiger partial charge in [0.25, 0.3) is 0 Å². The molecular formula is C13H20N2O3. The fraction of sp³-hybridized carbons (Fsp3) is 0.692. The highest BCUT2D eigenvalue weighted by Crippen LogP contribution is 2.34. The van der Waals surface area contributed by atoms with Gasteiger partial charge >= 0.3 is 12.0 Å². The summed E-state index contributed by atoms with van der Waals surface area (Å²) in [6.45, 7) is 4.43. The Kier molecular flexibility index (Phi) is 4.60. The van der Waals surface area contributed by atoms with Crippen LogP contribution in [0.4, 0.5) is 4.79 Å².